The summed E-state index contributed by atoms with van der Waals surface area (Å²) in [6, 6.07) is 3.45. The van der Waals surface area contributed by atoms with Crippen molar-refractivity contribution in [2.24, 2.45) is 5.92 Å². The fourth-order valence-corrected chi connectivity index (χ4v) is 3.27. The minimum absolute atomic E-state index is 0.00496. The molecule has 1 fully saturated rings. The summed E-state index contributed by atoms with van der Waals surface area (Å²) in [7, 11) is 0. The van der Waals surface area contributed by atoms with Gasteiger partial charge in [0.05, 0.1) is 5.56 Å². The van der Waals surface area contributed by atoms with Crippen LogP contribution in [0.15, 0.2) is 22.7 Å². The maximum absolute atomic E-state index is 12.8. The average molecular weight is 385 g/mol. The van der Waals surface area contributed by atoms with Crippen molar-refractivity contribution in [1.82, 2.24) is 5.32 Å². The molecule has 1 saturated carbocycles. The zero-order chi connectivity index (χ0) is 15.6. The van der Waals surface area contributed by atoms with E-state index in [1.54, 1.807) is 0 Å². The summed E-state index contributed by atoms with van der Waals surface area (Å²) in [4.78, 5) is 12.0. The molecule has 1 amide bonds. The second-order valence-electron chi connectivity index (χ2n) is 5.11. The van der Waals surface area contributed by atoms with Gasteiger partial charge in [0.1, 0.15) is 0 Å². The molecule has 0 aliphatic heterocycles. The molecule has 21 heavy (non-hydrogen) atoms. The lowest BCUT2D eigenvalue weighted by Gasteiger charge is -2.15. The Balaban J connectivity index is 2.06. The SMILES string of the molecule is O=C(NCC1CCCC1Cl)c1ccc(Br)c(C(F)(F)F)c1. The number of halogens is 5. The predicted octanol–water partition coefficient (Wildman–Crippen LogP) is 4.61. The van der Waals surface area contributed by atoms with Crippen molar-refractivity contribution in [2.75, 3.05) is 6.54 Å². The molecule has 2 atom stereocenters. The van der Waals surface area contributed by atoms with E-state index in [0.29, 0.717) is 6.54 Å². The Morgan fingerprint density at radius 3 is 2.67 bits per heavy atom. The van der Waals surface area contributed by atoms with Crippen LogP contribution in [0.2, 0.25) is 0 Å². The van der Waals surface area contributed by atoms with Gasteiger partial charge in [-0.3, -0.25) is 4.79 Å². The van der Waals surface area contributed by atoms with Crippen LogP contribution in [-0.4, -0.2) is 17.8 Å². The summed E-state index contributed by atoms with van der Waals surface area (Å²) in [5.74, 6) is -0.322. The lowest BCUT2D eigenvalue weighted by Crippen LogP contribution is -2.31. The summed E-state index contributed by atoms with van der Waals surface area (Å²) >= 11 is 8.95. The van der Waals surface area contributed by atoms with Gasteiger partial charge in [0, 0.05) is 22.0 Å². The van der Waals surface area contributed by atoms with E-state index < -0.39 is 17.6 Å². The van der Waals surface area contributed by atoms with Crippen molar-refractivity contribution in [3.63, 3.8) is 0 Å². The third-order valence-corrected chi connectivity index (χ3v) is 4.89. The van der Waals surface area contributed by atoms with Gasteiger partial charge in [-0.15, -0.1) is 11.6 Å². The zero-order valence-electron chi connectivity index (χ0n) is 11.0. The molecule has 0 saturated heterocycles. The first kappa shape index (κ1) is 16.6. The number of benzene rings is 1. The Labute approximate surface area is 134 Å². The van der Waals surface area contributed by atoms with Gasteiger partial charge in [-0.25, -0.2) is 0 Å². The molecular weight excluding hydrogens is 371 g/mol. The summed E-state index contributed by atoms with van der Waals surface area (Å²) in [5.41, 5.74) is -0.860. The highest BCUT2D eigenvalue weighted by atomic mass is 79.9. The highest BCUT2D eigenvalue weighted by Gasteiger charge is 2.33. The van der Waals surface area contributed by atoms with Crippen LogP contribution in [0.3, 0.4) is 0 Å². The van der Waals surface area contributed by atoms with Crippen molar-refractivity contribution in [1.29, 1.82) is 0 Å². The van der Waals surface area contributed by atoms with E-state index in [-0.39, 0.29) is 21.3 Å². The minimum Gasteiger partial charge on any atom is -0.352 e. The second-order valence-corrected chi connectivity index (χ2v) is 6.52. The Kier molecular flexibility index (Phi) is 5.20. The molecule has 1 aliphatic rings. The topological polar surface area (TPSA) is 29.1 Å². The van der Waals surface area contributed by atoms with Gasteiger partial charge in [-0.2, -0.15) is 13.2 Å². The molecule has 1 aromatic carbocycles. The van der Waals surface area contributed by atoms with E-state index in [9.17, 15) is 18.0 Å². The number of hydrogen-bond acceptors (Lipinski definition) is 1. The number of alkyl halides is 4. The third-order valence-electron chi connectivity index (χ3n) is 3.63. The summed E-state index contributed by atoms with van der Waals surface area (Å²) in [6.45, 7) is 0.393. The fraction of sp³-hybridized carbons (Fsp3) is 0.500. The normalized spacial score (nSPS) is 22.3. The van der Waals surface area contributed by atoms with E-state index in [4.69, 9.17) is 11.6 Å². The van der Waals surface area contributed by atoms with Gasteiger partial charge >= 0.3 is 6.18 Å². The van der Waals surface area contributed by atoms with Crippen LogP contribution in [-0.2, 0) is 6.18 Å². The van der Waals surface area contributed by atoms with E-state index in [0.717, 1.165) is 25.3 Å². The van der Waals surface area contributed by atoms with Crippen LogP contribution >= 0.6 is 27.5 Å². The van der Waals surface area contributed by atoms with E-state index >= 15 is 0 Å². The van der Waals surface area contributed by atoms with Gasteiger partial charge in [0.25, 0.3) is 5.91 Å². The number of rotatable bonds is 3. The fourth-order valence-electron chi connectivity index (χ4n) is 2.43. The Morgan fingerprint density at radius 1 is 1.38 bits per heavy atom. The summed E-state index contributed by atoms with van der Waals surface area (Å²) < 4.78 is 38.3. The molecule has 2 rings (SSSR count). The van der Waals surface area contributed by atoms with E-state index in [1.807, 2.05) is 0 Å². The molecule has 1 aliphatic carbocycles. The lowest BCUT2D eigenvalue weighted by atomic mass is 10.1. The standard InChI is InChI=1S/C14H14BrClF3NO/c15-11-5-4-8(6-10(11)14(17,18)19)13(21)20-7-9-2-1-3-12(9)16/h4-6,9,12H,1-3,7H2,(H,20,21). The molecule has 0 aromatic heterocycles. The van der Waals surface area contributed by atoms with Crippen LogP contribution in [0.5, 0.6) is 0 Å². The number of carbonyl (C=O) groups excluding carboxylic acids is 1. The van der Waals surface area contributed by atoms with Crippen LogP contribution in [0, 0.1) is 5.92 Å². The molecule has 7 heteroatoms. The largest absolute Gasteiger partial charge is 0.417 e. The molecule has 2 unspecified atom stereocenters. The molecule has 0 heterocycles. The molecule has 116 valence electrons. The van der Waals surface area contributed by atoms with Crippen LogP contribution < -0.4 is 5.32 Å². The highest BCUT2D eigenvalue weighted by molar-refractivity contribution is 9.10. The molecule has 0 spiro atoms. The van der Waals surface area contributed by atoms with Crippen LogP contribution in [0.1, 0.15) is 35.2 Å². The van der Waals surface area contributed by atoms with Gasteiger partial charge in [0.15, 0.2) is 0 Å². The monoisotopic (exact) mass is 383 g/mol. The summed E-state index contributed by atoms with van der Waals surface area (Å²) in [5, 5.41) is 2.69. The Hall–Kier alpha value is -0.750. The summed E-state index contributed by atoms with van der Waals surface area (Å²) in [6.07, 6.45) is -1.63. The number of hydrogen-bond donors (Lipinski definition) is 1. The number of amides is 1. The van der Waals surface area contributed by atoms with Crippen molar-refractivity contribution in [3.05, 3.63) is 33.8 Å². The highest BCUT2D eigenvalue weighted by Crippen LogP contribution is 2.35. The molecule has 2 nitrogen and oxygen atoms in total. The number of carbonyl (C=O) groups is 1. The van der Waals surface area contributed by atoms with Crippen molar-refractivity contribution >= 4 is 33.4 Å². The van der Waals surface area contributed by atoms with Crippen molar-refractivity contribution in [3.8, 4) is 0 Å². The zero-order valence-corrected chi connectivity index (χ0v) is 13.4. The first-order chi connectivity index (χ1) is 9.79. The third kappa shape index (κ3) is 4.13. The Morgan fingerprint density at radius 2 is 2.10 bits per heavy atom. The van der Waals surface area contributed by atoms with E-state index in [2.05, 4.69) is 21.2 Å². The maximum Gasteiger partial charge on any atom is 0.417 e. The smallest absolute Gasteiger partial charge is 0.352 e. The van der Waals surface area contributed by atoms with Crippen molar-refractivity contribution in [2.45, 2.75) is 30.8 Å². The molecule has 1 aromatic rings. The molecule has 0 radical (unpaired) electrons. The Bertz CT molecular complexity index is 535. The van der Waals surface area contributed by atoms with Crippen molar-refractivity contribution < 1.29 is 18.0 Å². The van der Waals surface area contributed by atoms with Gasteiger partial charge in [0.2, 0.25) is 0 Å². The molecular formula is C14H14BrClF3NO. The average Bonchev–Trinajstić information content (AvgIpc) is 2.80. The second kappa shape index (κ2) is 6.57. The van der Waals surface area contributed by atoms with Gasteiger partial charge in [-0.1, -0.05) is 22.4 Å². The molecule has 1 N–H and O–H groups in total. The van der Waals surface area contributed by atoms with Gasteiger partial charge in [-0.05, 0) is 37.0 Å². The predicted molar refractivity (Wildman–Crippen MR) is 78.5 cm³/mol. The van der Waals surface area contributed by atoms with Gasteiger partial charge < -0.3 is 5.32 Å². The lowest BCUT2D eigenvalue weighted by molar-refractivity contribution is -0.138. The molecule has 0 bridgehead atoms. The van der Waals surface area contributed by atoms with E-state index in [1.165, 1.54) is 12.1 Å². The minimum atomic E-state index is -4.50. The quantitative estimate of drug-likeness (QED) is 0.758. The first-order valence-electron chi connectivity index (χ1n) is 6.58. The number of nitrogens with one attached hydrogen (secondary N) is 1. The first-order valence-corrected chi connectivity index (χ1v) is 7.81. The maximum atomic E-state index is 12.8. The van der Waals surface area contributed by atoms with Crippen LogP contribution in [0.25, 0.3) is 0 Å². The van der Waals surface area contributed by atoms with Crippen LogP contribution in [0.4, 0.5) is 13.2 Å².